The number of nitrogens with one attached hydrogen (secondary N) is 1. The SMILES string of the molecule is CCc1ccc(-c2nccc(NC)n2)cc1. The van der Waals surface area contributed by atoms with Crippen molar-refractivity contribution in [2.45, 2.75) is 13.3 Å². The summed E-state index contributed by atoms with van der Waals surface area (Å²) in [6.45, 7) is 2.15. The summed E-state index contributed by atoms with van der Waals surface area (Å²) in [6.07, 6.45) is 2.82. The van der Waals surface area contributed by atoms with Gasteiger partial charge in [-0.15, -0.1) is 0 Å². The zero-order valence-electron chi connectivity index (χ0n) is 9.57. The maximum Gasteiger partial charge on any atom is 0.161 e. The summed E-state index contributed by atoms with van der Waals surface area (Å²) in [4.78, 5) is 8.66. The Morgan fingerprint density at radius 3 is 2.50 bits per heavy atom. The van der Waals surface area contributed by atoms with Crippen molar-refractivity contribution >= 4 is 5.82 Å². The van der Waals surface area contributed by atoms with E-state index in [0.29, 0.717) is 0 Å². The van der Waals surface area contributed by atoms with Crippen LogP contribution in [-0.4, -0.2) is 17.0 Å². The number of hydrogen-bond acceptors (Lipinski definition) is 3. The van der Waals surface area contributed by atoms with Gasteiger partial charge in [-0.25, -0.2) is 9.97 Å². The van der Waals surface area contributed by atoms with E-state index in [-0.39, 0.29) is 0 Å². The van der Waals surface area contributed by atoms with Gasteiger partial charge in [0, 0.05) is 18.8 Å². The van der Waals surface area contributed by atoms with Crippen molar-refractivity contribution in [1.29, 1.82) is 0 Å². The summed E-state index contributed by atoms with van der Waals surface area (Å²) in [5.74, 6) is 1.60. The van der Waals surface area contributed by atoms with Crippen molar-refractivity contribution in [2.75, 3.05) is 12.4 Å². The van der Waals surface area contributed by atoms with E-state index < -0.39 is 0 Å². The maximum absolute atomic E-state index is 4.39. The molecule has 1 N–H and O–H groups in total. The van der Waals surface area contributed by atoms with E-state index in [1.807, 2.05) is 13.1 Å². The van der Waals surface area contributed by atoms with Gasteiger partial charge in [0.1, 0.15) is 5.82 Å². The van der Waals surface area contributed by atoms with Gasteiger partial charge in [0.05, 0.1) is 0 Å². The first-order chi connectivity index (χ1) is 7.83. The molecule has 82 valence electrons. The highest BCUT2D eigenvalue weighted by atomic mass is 15.0. The van der Waals surface area contributed by atoms with Crippen molar-refractivity contribution in [1.82, 2.24) is 9.97 Å². The fourth-order valence-corrected chi connectivity index (χ4v) is 1.53. The largest absolute Gasteiger partial charge is 0.373 e. The number of rotatable bonds is 3. The van der Waals surface area contributed by atoms with Gasteiger partial charge in [0.15, 0.2) is 5.82 Å². The van der Waals surface area contributed by atoms with Crippen LogP contribution in [0.2, 0.25) is 0 Å². The van der Waals surface area contributed by atoms with E-state index in [4.69, 9.17) is 0 Å². The van der Waals surface area contributed by atoms with Crippen LogP contribution in [0.1, 0.15) is 12.5 Å². The highest BCUT2D eigenvalue weighted by molar-refractivity contribution is 5.57. The molecule has 0 bridgehead atoms. The van der Waals surface area contributed by atoms with Gasteiger partial charge in [0.2, 0.25) is 0 Å². The Balaban J connectivity index is 2.34. The third kappa shape index (κ3) is 2.19. The molecule has 0 fully saturated rings. The van der Waals surface area contributed by atoms with Crippen LogP contribution in [0.25, 0.3) is 11.4 Å². The van der Waals surface area contributed by atoms with Gasteiger partial charge in [-0.3, -0.25) is 0 Å². The highest BCUT2D eigenvalue weighted by Crippen LogP contribution is 2.16. The summed E-state index contributed by atoms with van der Waals surface area (Å²) < 4.78 is 0. The number of benzene rings is 1. The Kier molecular flexibility index (Phi) is 3.15. The Labute approximate surface area is 95.6 Å². The zero-order chi connectivity index (χ0) is 11.4. The lowest BCUT2D eigenvalue weighted by molar-refractivity contribution is 1.13. The number of nitrogens with zero attached hydrogens (tertiary/aromatic N) is 2. The predicted molar refractivity (Wildman–Crippen MR) is 66.4 cm³/mol. The lowest BCUT2D eigenvalue weighted by atomic mass is 10.1. The second kappa shape index (κ2) is 4.75. The summed E-state index contributed by atoms with van der Waals surface area (Å²) in [6, 6.07) is 10.2. The van der Waals surface area contributed by atoms with Crippen molar-refractivity contribution in [3.8, 4) is 11.4 Å². The first-order valence-electron chi connectivity index (χ1n) is 5.43. The van der Waals surface area contributed by atoms with Crippen LogP contribution in [0.3, 0.4) is 0 Å². The summed E-state index contributed by atoms with van der Waals surface area (Å²) in [7, 11) is 1.85. The van der Waals surface area contributed by atoms with E-state index >= 15 is 0 Å². The molecule has 0 atom stereocenters. The number of aryl methyl sites for hydroxylation is 1. The van der Waals surface area contributed by atoms with Gasteiger partial charge >= 0.3 is 0 Å². The average molecular weight is 213 g/mol. The van der Waals surface area contributed by atoms with E-state index in [0.717, 1.165) is 23.6 Å². The molecule has 0 radical (unpaired) electrons. The maximum atomic E-state index is 4.39. The summed E-state index contributed by atoms with van der Waals surface area (Å²) in [5.41, 5.74) is 2.38. The summed E-state index contributed by atoms with van der Waals surface area (Å²) in [5, 5.41) is 3.01. The second-order valence-electron chi connectivity index (χ2n) is 3.57. The van der Waals surface area contributed by atoms with Crippen LogP contribution >= 0.6 is 0 Å². The van der Waals surface area contributed by atoms with Crippen molar-refractivity contribution in [2.24, 2.45) is 0 Å². The lowest BCUT2D eigenvalue weighted by Gasteiger charge is -2.03. The van der Waals surface area contributed by atoms with Crippen molar-refractivity contribution in [3.63, 3.8) is 0 Å². The molecule has 16 heavy (non-hydrogen) atoms. The monoisotopic (exact) mass is 213 g/mol. The minimum atomic E-state index is 0.759. The molecule has 0 unspecified atom stereocenters. The Morgan fingerprint density at radius 1 is 1.12 bits per heavy atom. The minimum Gasteiger partial charge on any atom is -0.373 e. The number of anilines is 1. The molecule has 1 aromatic carbocycles. The molecule has 3 heteroatoms. The summed E-state index contributed by atoms with van der Waals surface area (Å²) >= 11 is 0. The average Bonchev–Trinajstić information content (AvgIpc) is 2.39. The molecule has 0 aliphatic rings. The fourth-order valence-electron chi connectivity index (χ4n) is 1.53. The van der Waals surface area contributed by atoms with Gasteiger partial charge in [-0.1, -0.05) is 31.2 Å². The second-order valence-corrected chi connectivity index (χ2v) is 3.57. The van der Waals surface area contributed by atoms with Crippen LogP contribution in [-0.2, 0) is 6.42 Å². The standard InChI is InChI=1S/C13H15N3/c1-3-10-4-6-11(7-5-10)13-15-9-8-12(14-2)16-13/h4-9H,3H2,1-2H3,(H,14,15,16). The van der Waals surface area contributed by atoms with Crippen molar-refractivity contribution in [3.05, 3.63) is 42.1 Å². The molecule has 0 amide bonds. The van der Waals surface area contributed by atoms with Crippen molar-refractivity contribution < 1.29 is 0 Å². The molecule has 0 saturated heterocycles. The normalized spacial score (nSPS) is 10.1. The predicted octanol–water partition coefficient (Wildman–Crippen LogP) is 2.75. The Morgan fingerprint density at radius 2 is 1.88 bits per heavy atom. The molecule has 1 aromatic heterocycles. The third-order valence-corrected chi connectivity index (χ3v) is 2.53. The molecular formula is C13H15N3. The Bertz CT molecular complexity index is 463. The van der Waals surface area contributed by atoms with Crippen LogP contribution in [0.5, 0.6) is 0 Å². The molecular weight excluding hydrogens is 198 g/mol. The minimum absolute atomic E-state index is 0.759. The zero-order valence-corrected chi connectivity index (χ0v) is 9.57. The highest BCUT2D eigenvalue weighted by Gasteiger charge is 2.01. The first kappa shape index (κ1) is 10.6. The van der Waals surface area contributed by atoms with Crippen LogP contribution in [0.15, 0.2) is 36.5 Å². The fraction of sp³-hybridized carbons (Fsp3) is 0.231. The van der Waals surface area contributed by atoms with E-state index in [2.05, 4.69) is 46.5 Å². The van der Waals surface area contributed by atoms with Crippen LogP contribution in [0, 0.1) is 0 Å². The topological polar surface area (TPSA) is 37.8 Å². The first-order valence-corrected chi connectivity index (χ1v) is 5.43. The van der Waals surface area contributed by atoms with Gasteiger partial charge in [-0.2, -0.15) is 0 Å². The van der Waals surface area contributed by atoms with Crippen LogP contribution < -0.4 is 5.32 Å². The van der Waals surface area contributed by atoms with Gasteiger partial charge < -0.3 is 5.32 Å². The number of aromatic nitrogens is 2. The smallest absolute Gasteiger partial charge is 0.161 e. The van der Waals surface area contributed by atoms with E-state index in [9.17, 15) is 0 Å². The van der Waals surface area contributed by atoms with Gasteiger partial charge in [-0.05, 0) is 18.1 Å². The third-order valence-electron chi connectivity index (χ3n) is 2.53. The number of hydrogen-bond donors (Lipinski definition) is 1. The van der Waals surface area contributed by atoms with E-state index in [1.54, 1.807) is 6.20 Å². The van der Waals surface area contributed by atoms with Crippen LogP contribution in [0.4, 0.5) is 5.82 Å². The molecule has 3 nitrogen and oxygen atoms in total. The van der Waals surface area contributed by atoms with Gasteiger partial charge in [0.25, 0.3) is 0 Å². The van der Waals surface area contributed by atoms with E-state index in [1.165, 1.54) is 5.56 Å². The quantitative estimate of drug-likeness (QED) is 0.851. The molecule has 2 aromatic rings. The molecule has 0 aliphatic carbocycles. The molecule has 0 saturated carbocycles. The molecule has 1 heterocycles. The molecule has 0 spiro atoms. The molecule has 0 aliphatic heterocycles. The Hall–Kier alpha value is -1.90. The lowest BCUT2D eigenvalue weighted by Crippen LogP contribution is -1.95. The molecule has 2 rings (SSSR count).